The quantitative estimate of drug-likeness (QED) is 0.670. The van der Waals surface area contributed by atoms with E-state index in [2.05, 4.69) is 15.0 Å². The lowest BCUT2D eigenvalue weighted by molar-refractivity contribution is 0.383. The number of anilines is 1. The molecule has 1 saturated heterocycles. The molecule has 1 fully saturated rings. The second-order valence-electron chi connectivity index (χ2n) is 6.05. The fourth-order valence-corrected chi connectivity index (χ4v) is 4.38. The summed E-state index contributed by atoms with van der Waals surface area (Å²) in [6, 6.07) is 6.73. The van der Waals surface area contributed by atoms with E-state index in [-0.39, 0.29) is 4.90 Å². The van der Waals surface area contributed by atoms with Crippen molar-refractivity contribution in [1.82, 2.24) is 23.8 Å². The summed E-state index contributed by atoms with van der Waals surface area (Å²) in [6.07, 6.45) is 6.59. The molecule has 2 aromatic heterocycles. The van der Waals surface area contributed by atoms with Crippen LogP contribution in [0.2, 0.25) is 0 Å². The molecule has 3 heterocycles. The van der Waals surface area contributed by atoms with Crippen molar-refractivity contribution < 1.29 is 12.8 Å². The highest BCUT2D eigenvalue weighted by Crippen LogP contribution is 2.21. The summed E-state index contributed by atoms with van der Waals surface area (Å²) in [5.41, 5.74) is 0. The zero-order valence-corrected chi connectivity index (χ0v) is 15.1. The van der Waals surface area contributed by atoms with Gasteiger partial charge in [0, 0.05) is 44.6 Å². The summed E-state index contributed by atoms with van der Waals surface area (Å²) in [4.78, 5) is 14.6. The number of imidazole rings is 1. The van der Waals surface area contributed by atoms with E-state index >= 15 is 0 Å². The average molecular weight is 388 g/mol. The molecule has 1 aromatic carbocycles. The Morgan fingerprint density at radius 2 is 1.67 bits per heavy atom. The van der Waals surface area contributed by atoms with Crippen molar-refractivity contribution in [1.29, 1.82) is 0 Å². The molecule has 0 spiro atoms. The molecule has 0 atom stereocenters. The van der Waals surface area contributed by atoms with Crippen LogP contribution < -0.4 is 4.90 Å². The first kappa shape index (κ1) is 17.6. The highest BCUT2D eigenvalue weighted by Gasteiger charge is 2.29. The van der Waals surface area contributed by atoms with Crippen LogP contribution in [0.3, 0.4) is 0 Å². The predicted octanol–water partition coefficient (Wildman–Crippen LogP) is 1.31. The summed E-state index contributed by atoms with van der Waals surface area (Å²) in [6.45, 7) is 1.65. The highest BCUT2D eigenvalue weighted by molar-refractivity contribution is 7.89. The van der Waals surface area contributed by atoms with Crippen molar-refractivity contribution in [3.05, 3.63) is 61.2 Å². The lowest BCUT2D eigenvalue weighted by Crippen LogP contribution is -2.48. The van der Waals surface area contributed by atoms with E-state index in [0.717, 1.165) is 18.0 Å². The third-order valence-electron chi connectivity index (χ3n) is 4.42. The van der Waals surface area contributed by atoms with Crippen molar-refractivity contribution >= 4 is 15.8 Å². The topological polar surface area (TPSA) is 84.2 Å². The van der Waals surface area contributed by atoms with E-state index in [1.54, 1.807) is 23.3 Å². The van der Waals surface area contributed by atoms with Gasteiger partial charge in [-0.3, -0.25) is 4.57 Å². The third kappa shape index (κ3) is 3.53. The summed E-state index contributed by atoms with van der Waals surface area (Å²) in [5, 5.41) is 0. The summed E-state index contributed by atoms with van der Waals surface area (Å²) >= 11 is 0. The number of hydrogen-bond acceptors (Lipinski definition) is 6. The van der Waals surface area contributed by atoms with Crippen LogP contribution in [0, 0.1) is 5.82 Å². The molecule has 140 valence electrons. The van der Waals surface area contributed by atoms with E-state index in [1.807, 2.05) is 11.0 Å². The highest BCUT2D eigenvalue weighted by atomic mass is 32.2. The molecule has 8 nitrogen and oxygen atoms in total. The largest absolute Gasteiger partial charge is 0.354 e. The van der Waals surface area contributed by atoms with Gasteiger partial charge in [-0.15, -0.1) is 0 Å². The molecule has 0 radical (unpaired) electrons. The number of aromatic nitrogens is 4. The number of sulfonamides is 1. The number of benzene rings is 1. The maximum Gasteiger partial charge on any atom is 0.243 e. The molecule has 0 amide bonds. The molecule has 1 aliphatic rings. The molecule has 0 aliphatic carbocycles. The van der Waals surface area contributed by atoms with Crippen LogP contribution in [0.1, 0.15) is 0 Å². The Morgan fingerprint density at radius 1 is 0.963 bits per heavy atom. The van der Waals surface area contributed by atoms with Gasteiger partial charge in [0.15, 0.2) is 0 Å². The van der Waals surface area contributed by atoms with E-state index in [4.69, 9.17) is 0 Å². The van der Waals surface area contributed by atoms with Crippen molar-refractivity contribution in [2.45, 2.75) is 4.90 Å². The van der Waals surface area contributed by atoms with Crippen LogP contribution >= 0.6 is 0 Å². The second-order valence-corrected chi connectivity index (χ2v) is 7.99. The standard InChI is InChI=1S/C17H17FN6O2S/c18-14-1-3-15(4-2-14)27(25,26)24-9-7-22(8-10-24)16-11-17(21-12-20-16)23-6-5-19-13-23/h1-6,11-13H,7-10H2. The number of halogens is 1. The average Bonchev–Trinajstić information content (AvgIpc) is 3.23. The number of rotatable bonds is 4. The Hall–Kier alpha value is -2.85. The molecule has 0 saturated carbocycles. The van der Waals surface area contributed by atoms with E-state index < -0.39 is 15.8 Å². The lowest BCUT2D eigenvalue weighted by Gasteiger charge is -2.34. The lowest BCUT2D eigenvalue weighted by atomic mass is 10.3. The van der Waals surface area contributed by atoms with Gasteiger partial charge in [0.1, 0.15) is 30.1 Å². The first-order chi connectivity index (χ1) is 13.0. The summed E-state index contributed by atoms with van der Waals surface area (Å²) in [7, 11) is -3.63. The minimum absolute atomic E-state index is 0.0989. The number of piperazine rings is 1. The van der Waals surface area contributed by atoms with Crippen molar-refractivity contribution in [2.24, 2.45) is 0 Å². The molecule has 0 bridgehead atoms. The molecule has 1 aliphatic heterocycles. The molecular weight excluding hydrogens is 371 g/mol. The first-order valence-electron chi connectivity index (χ1n) is 8.35. The molecule has 0 N–H and O–H groups in total. The minimum atomic E-state index is -3.63. The van der Waals surface area contributed by atoms with Crippen LogP contribution in [0.25, 0.3) is 5.82 Å². The van der Waals surface area contributed by atoms with E-state index in [0.29, 0.717) is 32.0 Å². The smallest absolute Gasteiger partial charge is 0.243 e. The van der Waals surface area contributed by atoms with Crippen LogP contribution in [-0.2, 0) is 10.0 Å². The third-order valence-corrected chi connectivity index (χ3v) is 6.33. The van der Waals surface area contributed by atoms with Crippen LogP contribution in [0.4, 0.5) is 10.2 Å². The molecule has 3 aromatic rings. The summed E-state index contributed by atoms with van der Waals surface area (Å²) in [5.74, 6) is 0.961. The molecular formula is C17H17FN6O2S. The van der Waals surface area contributed by atoms with Gasteiger partial charge in [0.05, 0.1) is 4.90 Å². The maximum absolute atomic E-state index is 13.1. The first-order valence-corrected chi connectivity index (χ1v) is 9.79. The van der Waals surface area contributed by atoms with Crippen molar-refractivity contribution in [3.63, 3.8) is 0 Å². The van der Waals surface area contributed by atoms with Gasteiger partial charge in [-0.05, 0) is 24.3 Å². The van der Waals surface area contributed by atoms with E-state index in [1.165, 1.54) is 22.8 Å². The fourth-order valence-electron chi connectivity index (χ4n) is 2.96. The minimum Gasteiger partial charge on any atom is -0.354 e. The molecule has 10 heteroatoms. The van der Waals surface area contributed by atoms with Crippen LogP contribution in [-0.4, -0.2) is 58.4 Å². The van der Waals surface area contributed by atoms with Gasteiger partial charge in [-0.1, -0.05) is 0 Å². The number of hydrogen-bond donors (Lipinski definition) is 0. The van der Waals surface area contributed by atoms with Crippen molar-refractivity contribution in [3.8, 4) is 5.82 Å². The SMILES string of the molecule is O=S(=O)(c1ccc(F)cc1)N1CCN(c2cc(-n3ccnc3)ncn2)CC1. The van der Waals surface area contributed by atoms with Gasteiger partial charge in [-0.2, -0.15) is 4.31 Å². The Balaban J connectivity index is 1.48. The Labute approximate surface area is 156 Å². The zero-order valence-electron chi connectivity index (χ0n) is 14.3. The molecule has 27 heavy (non-hydrogen) atoms. The monoisotopic (exact) mass is 388 g/mol. The van der Waals surface area contributed by atoms with Gasteiger partial charge >= 0.3 is 0 Å². The predicted molar refractivity (Wildman–Crippen MR) is 96.5 cm³/mol. The molecule has 0 unspecified atom stereocenters. The molecule has 4 rings (SSSR count). The normalized spacial score (nSPS) is 15.8. The van der Waals surface area contributed by atoms with Gasteiger partial charge in [0.2, 0.25) is 10.0 Å². The Bertz CT molecular complexity index is 1020. The second kappa shape index (κ2) is 7.05. The maximum atomic E-state index is 13.1. The van der Waals surface area contributed by atoms with Gasteiger partial charge in [-0.25, -0.2) is 27.8 Å². The summed E-state index contributed by atoms with van der Waals surface area (Å²) < 4.78 is 41.6. The zero-order chi connectivity index (χ0) is 18.9. The van der Waals surface area contributed by atoms with Crippen LogP contribution in [0.15, 0.2) is 60.3 Å². The Morgan fingerprint density at radius 3 is 2.33 bits per heavy atom. The fraction of sp³-hybridized carbons (Fsp3) is 0.235. The van der Waals surface area contributed by atoms with Gasteiger partial charge in [0.25, 0.3) is 0 Å². The van der Waals surface area contributed by atoms with Crippen LogP contribution in [0.5, 0.6) is 0 Å². The van der Waals surface area contributed by atoms with E-state index in [9.17, 15) is 12.8 Å². The Kier molecular flexibility index (Phi) is 4.58. The number of nitrogens with zero attached hydrogens (tertiary/aromatic N) is 6. The van der Waals surface area contributed by atoms with Gasteiger partial charge < -0.3 is 4.90 Å². The van der Waals surface area contributed by atoms with Crippen molar-refractivity contribution in [2.75, 3.05) is 31.1 Å².